The van der Waals surface area contributed by atoms with Crippen LogP contribution in [0.2, 0.25) is 0 Å². The summed E-state index contributed by atoms with van der Waals surface area (Å²) >= 11 is 1.71. The van der Waals surface area contributed by atoms with E-state index in [1.165, 1.54) is 7.11 Å². The van der Waals surface area contributed by atoms with Crippen molar-refractivity contribution in [2.24, 2.45) is 0 Å². The fourth-order valence-corrected chi connectivity index (χ4v) is 1.69. The second-order valence-corrected chi connectivity index (χ2v) is 4.29. The lowest BCUT2D eigenvalue weighted by molar-refractivity contribution is -0.142. The van der Waals surface area contributed by atoms with Gasteiger partial charge >= 0.3 is 5.97 Å². The van der Waals surface area contributed by atoms with Crippen LogP contribution in [-0.4, -0.2) is 25.4 Å². The molecule has 5 heteroatoms. The molecule has 4 nitrogen and oxygen atoms in total. The quantitative estimate of drug-likeness (QED) is 0.772. The summed E-state index contributed by atoms with van der Waals surface area (Å²) in [6.45, 7) is 2.29. The van der Waals surface area contributed by atoms with Gasteiger partial charge in [0.25, 0.3) is 0 Å². The molecule has 1 N–H and O–H groups in total. The Hall–Kier alpha value is -0.940. The van der Waals surface area contributed by atoms with Gasteiger partial charge in [-0.1, -0.05) is 0 Å². The molecule has 16 heavy (non-hydrogen) atoms. The maximum atomic E-state index is 11.1. The second kappa shape index (κ2) is 6.60. The Morgan fingerprint density at radius 2 is 2.25 bits per heavy atom. The van der Waals surface area contributed by atoms with Gasteiger partial charge in [0.05, 0.1) is 19.4 Å². The van der Waals surface area contributed by atoms with Crippen LogP contribution < -0.4 is 5.32 Å². The van der Waals surface area contributed by atoms with Gasteiger partial charge in [0.15, 0.2) is 0 Å². The van der Waals surface area contributed by atoms with Gasteiger partial charge in [0, 0.05) is 0 Å². The van der Waals surface area contributed by atoms with Gasteiger partial charge < -0.3 is 9.15 Å². The topological polar surface area (TPSA) is 51.5 Å². The molecule has 0 fully saturated rings. The number of nitrogens with one attached hydrogen (secondary N) is 1. The molecular weight excluding hydrogens is 226 g/mol. The smallest absolute Gasteiger partial charge is 0.322 e. The summed E-state index contributed by atoms with van der Waals surface area (Å²) in [5, 5.41) is 3.03. The first-order chi connectivity index (χ1) is 7.67. The molecule has 90 valence electrons. The monoisotopic (exact) mass is 243 g/mol. The molecule has 0 radical (unpaired) electrons. The van der Waals surface area contributed by atoms with Crippen molar-refractivity contribution in [1.29, 1.82) is 0 Å². The van der Waals surface area contributed by atoms with Crippen molar-refractivity contribution in [3.63, 3.8) is 0 Å². The molecule has 0 saturated carbocycles. The summed E-state index contributed by atoms with van der Waals surface area (Å²) in [6, 6.07) is 3.55. The van der Waals surface area contributed by atoms with E-state index in [9.17, 15) is 4.79 Å². The van der Waals surface area contributed by atoms with E-state index in [4.69, 9.17) is 4.42 Å². The Morgan fingerprint density at radius 3 is 2.88 bits per heavy atom. The second-order valence-electron chi connectivity index (χ2n) is 3.43. The first-order valence-electron chi connectivity index (χ1n) is 5.05. The van der Waals surface area contributed by atoms with Crippen LogP contribution in [0, 0.1) is 0 Å². The highest BCUT2D eigenvalue weighted by Gasteiger charge is 2.12. The van der Waals surface area contributed by atoms with Crippen LogP contribution in [0.3, 0.4) is 0 Å². The first-order valence-corrected chi connectivity index (χ1v) is 6.44. The van der Waals surface area contributed by atoms with Crippen LogP contribution >= 0.6 is 11.8 Å². The summed E-state index contributed by atoms with van der Waals surface area (Å²) in [5.74, 6) is 2.39. The number of hydrogen-bond donors (Lipinski definition) is 1. The summed E-state index contributed by atoms with van der Waals surface area (Å²) in [4.78, 5) is 11.1. The van der Waals surface area contributed by atoms with Crippen molar-refractivity contribution >= 4 is 17.7 Å². The van der Waals surface area contributed by atoms with E-state index in [0.717, 1.165) is 17.3 Å². The van der Waals surface area contributed by atoms with Crippen molar-refractivity contribution < 1.29 is 13.9 Å². The molecule has 0 aliphatic rings. The average molecular weight is 243 g/mol. The number of ether oxygens (including phenoxy) is 1. The molecule has 1 aromatic heterocycles. The Bertz CT molecular complexity index is 338. The highest BCUT2D eigenvalue weighted by Crippen LogP contribution is 2.13. The lowest BCUT2D eigenvalue weighted by Gasteiger charge is -2.09. The van der Waals surface area contributed by atoms with Crippen molar-refractivity contribution in [1.82, 2.24) is 5.32 Å². The summed E-state index contributed by atoms with van der Waals surface area (Å²) in [7, 11) is 1.38. The summed E-state index contributed by atoms with van der Waals surface area (Å²) < 4.78 is 10.2. The number of carbonyl (C=O) groups is 1. The van der Waals surface area contributed by atoms with Crippen molar-refractivity contribution in [3.05, 3.63) is 23.7 Å². The van der Waals surface area contributed by atoms with Crippen LogP contribution in [0.25, 0.3) is 0 Å². The van der Waals surface area contributed by atoms with Crippen LogP contribution in [0.15, 0.2) is 16.5 Å². The predicted octanol–water partition coefficient (Wildman–Crippen LogP) is 1.79. The Kier molecular flexibility index (Phi) is 5.42. The predicted molar refractivity (Wildman–Crippen MR) is 64.2 cm³/mol. The minimum Gasteiger partial charge on any atom is -0.468 e. The molecule has 0 aromatic carbocycles. The third kappa shape index (κ3) is 3.90. The average Bonchev–Trinajstić information content (AvgIpc) is 2.73. The standard InChI is InChI=1S/C11H17NO3S/c1-8(11(13)14-2)12-6-9-4-5-10(15-9)7-16-3/h4-5,8,12H,6-7H2,1-3H3/t8-/m0/s1. The minimum absolute atomic E-state index is 0.268. The first kappa shape index (κ1) is 13.1. The van der Waals surface area contributed by atoms with E-state index in [1.807, 2.05) is 18.4 Å². The zero-order valence-electron chi connectivity index (χ0n) is 9.78. The molecule has 1 aromatic rings. The Balaban J connectivity index is 2.39. The number of rotatable bonds is 6. The third-order valence-electron chi connectivity index (χ3n) is 2.14. The van der Waals surface area contributed by atoms with Crippen LogP contribution in [-0.2, 0) is 21.8 Å². The van der Waals surface area contributed by atoms with Crippen LogP contribution in [0.4, 0.5) is 0 Å². The fraction of sp³-hybridized carbons (Fsp3) is 0.545. The number of methoxy groups -OCH3 is 1. The van der Waals surface area contributed by atoms with Gasteiger partial charge in [-0.15, -0.1) is 0 Å². The highest BCUT2D eigenvalue weighted by atomic mass is 32.2. The largest absolute Gasteiger partial charge is 0.468 e. The number of furan rings is 1. The molecule has 1 atom stereocenters. The number of carbonyl (C=O) groups excluding carboxylic acids is 1. The van der Waals surface area contributed by atoms with E-state index in [0.29, 0.717) is 6.54 Å². The minimum atomic E-state index is -0.320. The van der Waals surface area contributed by atoms with Gasteiger partial charge in [-0.3, -0.25) is 10.1 Å². The van der Waals surface area contributed by atoms with Gasteiger partial charge in [-0.05, 0) is 25.3 Å². The van der Waals surface area contributed by atoms with E-state index in [2.05, 4.69) is 10.1 Å². The van der Waals surface area contributed by atoms with Crippen molar-refractivity contribution in [2.75, 3.05) is 13.4 Å². The number of hydrogen-bond acceptors (Lipinski definition) is 5. The summed E-state index contributed by atoms with van der Waals surface area (Å²) in [6.07, 6.45) is 2.03. The van der Waals surface area contributed by atoms with Gasteiger partial charge in [0.2, 0.25) is 0 Å². The molecule has 0 unspecified atom stereocenters. The molecule has 0 amide bonds. The highest BCUT2D eigenvalue weighted by molar-refractivity contribution is 7.97. The van der Waals surface area contributed by atoms with Crippen molar-refractivity contribution in [2.45, 2.75) is 25.3 Å². The maximum Gasteiger partial charge on any atom is 0.322 e. The molecule has 1 heterocycles. The van der Waals surface area contributed by atoms with Crippen LogP contribution in [0.5, 0.6) is 0 Å². The van der Waals surface area contributed by atoms with Gasteiger partial charge in [0.1, 0.15) is 17.6 Å². The van der Waals surface area contributed by atoms with E-state index in [1.54, 1.807) is 18.7 Å². The number of thioether (sulfide) groups is 1. The molecule has 0 aliphatic carbocycles. The number of esters is 1. The molecule has 0 saturated heterocycles. The van der Waals surface area contributed by atoms with Crippen molar-refractivity contribution in [3.8, 4) is 0 Å². The molecule has 0 spiro atoms. The lowest BCUT2D eigenvalue weighted by atomic mass is 10.3. The fourth-order valence-electron chi connectivity index (χ4n) is 1.25. The lowest BCUT2D eigenvalue weighted by Crippen LogP contribution is -2.34. The van der Waals surface area contributed by atoms with E-state index in [-0.39, 0.29) is 12.0 Å². The van der Waals surface area contributed by atoms with Crippen LogP contribution in [0.1, 0.15) is 18.4 Å². The molecule has 0 bridgehead atoms. The third-order valence-corrected chi connectivity index (χ3v) is 2.71. The normalized spacial score (nSPS) is 12.4. The van der Waals surface area contributed by atoms with E-state index >= 15 is 0 Å². The molecule has 1 rings (SSSR count). The molecule has 0 aliphatic heterocycles. The Labute approximate surface area is 99.7 Å². The SMILES string of the molecule is COC(=O)[C@H](C)NCc1ccc(CSC)o1. The maximum absolute atomic E-state index is 11.1. The van der Waals surface area contributed by atoms with Gasteiger partial charge in [-0.25, -0.2) is 0 Å². The zero-order valence-corrected chi connectivity index (χ0v) is 10.6. The Morgan fingerprint density at radius 1 is 1.56 bits per heavy atom. The zero-order chi connectivity index (χ0) is 12.0. The summed E-state index contributed by atoms with van der Waals surface area (Å²) in [5.41, 5.74) is 0. The molecular formula is C11H17NO3S. The van der Waals surface area contributed by atoms with E-state index < -0.39 is 0 Å². The van der Waals surface area contributed by atoms with Gasteiger partial charge in [-0.2, -0.15) is 11.8 Å².